The highest BCUT2D eigenvalue weighted by molar-refractivity contribution is 5.78. The number of rotatable bonds is 3. The Kier molecular flexibility index (Phi) is 3.41. The van der Waals surface area contributed by atoms with Crippen LogP contribution in [0.15, 0.2) is 24.3 Å². The number of piperazine rings is 1. The van der Waals surface area contributed by atoms with Crippen LogP contribution in [0, 0.1) is 0 Å². The molecular formula is C12H16N2O2. The highest BCUT2D eigenvalue weighted by Gasteiger charge is 2.16. The van der Waals surface area contributed by atoms with Crippen LogP contribution in [0.4, 0.5) is 0 Å². The van der Waals surface area contributed by atoms with Gasteiger partial charge in [0.25, 0.3) is 0 Å². The molecule has 0 saturated carbocycles. The summed E-state index contributed by atoms with van der Waals surface area (Å²) >= 11 is 0. The van der Waals surface area contributed by atoms with E-state index in [9.17, 15) is 9.90 Å². The van der Waals surface area contributed by atoms with Gasteiger partial charge in [0, 0.05) is 19.6 Å². The largest absolute Gasteiger partial charge is 0.508 e. The number of nitrogens with zero attached hydrogens (tertiary/aromatic N) is 1. The summed E-state index contributed by atoms with van der Waals surface area (Å²) in [6.07, 6.45) is 0.792. The summed E-state index contributed by atoms with van der Waals surface area (Å²) in [7, 11) is 0. The zero-order chi connectivity index (χ0) is 11.4. The van der Waals surface area contributed by atoms with Crippen molar-refractivity contribution in [2.24, 2.45) is 0 Å². The molecule has 0 unspecified atom stereocenters. The molecule has 4 nitrogen and oxygen atoms in total. The molecular weight excluding hydrogens is 204 g/mol. The number of phenolic OH excluding ortho intramolecular Hbond substituents is 1. The molecule has 86 valence electrons. The average Bonchev–Trinajstić information content (AvgIpc) is 2.28. The topological polar surface area (TPSA) is 52.6 Å². The number of carbonyl (C=O) groups is 1. The average molecular weight is 220 g/mol. The molecule has 0 aliphatic carbocycles. The second kappa shape index (κ2) is 4.99. The van der Waals surface area contributed by atoms with E-state index in [4.69, 9.17) is 0 Å². The third-order valence-corrected chi connectivity index (χ3v) is 2.77. The van der Waals surface area contributed by atoms with E-state index in [1.807, 2.05) is 17.0 Å². The second-order valence-electron chi connectivity index (χ2n) is 3.98. The van der Waals surface area contributed by atoms with Crippen LogP contribution in [-0.4, -0.2) is 42.1 Å². The number of carbonyl (C=O) groups excluding carboxylic acids is 1. The molecule has 1 aromatic rings. The quantitative estimate of drug-likeness (QED) is 0.773. The first-order valence-electron chi connectivity index (χ1n) is 5.52. The lowest BCUT2D eigenvalue weighted by molar-refractivity contribution is -0.131. The van der Waals surface area contributed by atoms with Crippen molar-refractivity contribution in [2.75, 3.05) is 26.2 Å². The summed E-state index contributed by atoms with van der Waals surface area (Å²) in [5.74, 6) is 0.440. The number of aromatic hydroxyl groups is 1. The molecule has 16 heavy (non-hydrogen) atoms. The number of amides is 1. The van der Waals surface area contributed by atoms with E-state index in [-0.39, 0.29) is 11.7 Å². The zero-order valence-electron chi connectivity index (χ0n) is 9.15. The van der Waals surface area contributed by atoms with Gasteiger partial charge in [0.2, 0.25) is 5.91 Å². The zero-order valence-corrected chi connectivity index (χ0v) is 9.15. The van der Waals surface area contributed by atoms with E-state index in [2.05, 4.69) is 5.32 Å². The van der Waals surface area contributed by atoms with Gasteiger partial charge in [0.05, 0.1) is 6.54 Å². The van der Waals surface area contributed by atoms with Crippen molar-refractivity contribution >= 4 is 5.91 Å². The Morgan fingerprint density at radius 2 is 2.31 bits per heavy atom. The van der Waals surface area contributed by atoms with Crippen LogP contribution < -0.4 is 5.32 Å². The monoisotopic (exact) mass is 220 g/mol. The van der Waals surface area contributed by atoms with E-state index >= 15 is 0 Å². The summed E-state index contributed by atoms with van der Waals surface area (Å²) in [4.78, 5) is 13.4. The van der Waals surface area contributed by atoms with E-state index in [1.165, 1.54) is 0 Å². The Bertz CT molecular complexity index is 379. The van der Waals surface area contributed by atoms with Gasteiger partial charge in [0.1, 0.15) is 5.75 Å². The first-order valence-corrected chi connectivity index (χ1v) is 5.52. The van der Waals surface area contributed by atoms with Crippen LogP contribution in [0.2, 0.25) is 0 Å². The van der Waals surface area contributed by atoms with Crippen molar-refractivity contribution in [1.82, 2.24) is 10.2 Å². The number of hydrogen-bond donors (Lipinski definition) is 2. The highest BCUT2D eigenvalue weighted by Crippen LogP contribution is 2.11. The molecule has 1 amide bonds. The molecule has 2 N–H and O–H groups in total. The fourth-order valence-electron chi connectivity index (χ4n) is 1.86. The molecule has 1 aliphatic rings. The van der Waals surface area contributed by atoms with Crippen LogP contribution in [0.5, 0.6) is 5.75 Å². The van der Waals surface area contributed by atoms with Gasteiger partial charge in [-0.2, -0.15) is 0 Å². The Balaban J connectivity index is 1.89. The van der Waals surface area contributed by atoms with Gasteiger partial charge in [0.15, 0.2) is 0 Å². The third-order valence-electron chi connectivity index (χ3n) is 2.77. The molecule has 1 fully saturated rings. The van der Waals surface area contributed by atoms with Crippen LogP contribution in [0.3, 0.4) is 0 Å². The molecule has 0 aromatic heterocycles. The minimum atomic E-state index is 0.159. The molecule has 4 heteroatoms. The summed E-state index contributed by atoms with van der Waals surface area (Å²) in [5, 5.41) is 12.4. The molecule has 1 heterocycles. The number of hydrogen-bond acceptors (Lipinski definition) is 3. The molecule has 1 saturated heterocycles. The molecule has 0 spiro atoms. The molecule has 0 atom stereocenters. The molecule has 0 radical (unpaired) electrons. The van der Waals surface area contributed by atoms with E-state index in [0.717, 1.165) is 31.6 Å². The lowest BCUT2D eigenvalue weighted by atomic mass is 10.1. The summed E-state index contributed by atoms with van der Waals surface area (Å²) < 4.78 is 0. The molecule has 1 aliphatic heterocycles. The summed E-state index contributed by atoms with van der Waals surface area (Å²) in [6.45, 7) is 2.81. The maximum absolute atomic E-state index is 11.5. The van der Waals surface area contributed by atoms with Crippen molar-refractivity contribution < 1.29 is 9.90 Å². The van der Waals surface area contributed by atoms with E-state index < -0.39 is 0 Å². The smallest absolute Gasteiger partial charge is 0.236 e. The van der Waals surface area contributed by atoms with Gasteiger partial charge in [-0.25, -0.2) is 0 Å². The van der Waals surface area contributed by atoms with Crippen molar-refractivity contribution in [1.29, 1.82) is 0 Å². The molecule has 2 rings (SSSR count). The van der Waals surface area contributed by atoms with Crippen LogP contribution in [0.1, 0.15) is 5.56 Å². The van der Waals surface area contributed by atoms with Gasteiger partial charge >= 0.3 is 0 Å². The number of phenols is 1. The predicted molar refractivity (Wildman–Crippen MR) is 61.3 cm³/mol. The van der Waals surface area contributed by atoms with Crippen LogP contribution in [0.25, 0.3) is 0 Å². The first-order chi connectivity index (χ1) is 7.75. The Morgan fingerprint density at radius 3 is 3.06 bits per heavy atom. The third kappa shape index (κ3) is 2.73. The van der Waals surface area contributed by atoms with Gasteiger partial charge in [-0.1, -0.05) is 12.1 Å². The SMILES string of the molecule is O=C1CNCCN1CCc1cccc(O)c1. The number of benzene rings is 1. The maximum Gasteiger partial charge on any atom is 0.236 e. The van der Waals surface area contributed by atoms with Crippen LogP contribution in [-0.2, 0) is 11.2 Å². The Morgan fingerprint density at radius 1 is 1.44 bits per heavy atom. The molecule has 0 bridgehead atoms. The summed E-state index contributed by atoms with van der Waals surface area (Å²) in [6, 6.07) is 7.18. The van der Waals surface area contributed by atoms with E-state index in [0.29, 0.717) is 6.54 Å². The van der Waals surface area contributed by atoms with Gasteiger partial charge in [-0.3, -0.25) is 4.79 Å². The standard InChI is InChI=1S/C12H16N2O2/c15-11-3-1-2-10(8-11)4-6-14-7-5-13-9-12(14)16/h1-3,8,13,15H,4-7,9H2. The minimum Gasteiger partial charge on any atom is -0.508 e. The Labute approximate surface area is 94.9 Å². The fraction of sp³-hybridized carbons (Fsp3) is 0.417. The van der Waals surface area contributed by atoms with Crippen molar-refractivity contribution in [3.63, 3.8) is 0 Å². The normalized spacial score (nSPS) is 16.5. The first kappa shape index (κ1) is 11.0. The lowest BCUT2D eigenvalue weighted by Gasteiger charge is -2.27. The van der Waals surface area contributed by atoms with Crippen molar-refractivity contribution in [3.8, 4) is 5.75 Å². The lowest BCUT2D eigenvalue weighted by Crippen LogP contribution is -2.48. The second-order valence-corrected chi connectivity index (χ2v) is 3.98. The summed E-state index contributed by atoms with van der Waals surface area (Å²) in [5.41, 5.74) is 1.06. The number of nitrogens with one attached hydrogen (secondary N) is 1. The van der Waals surface area contributed by atoms with Gasteiger partial charge in [-0.05, 0) is 24.1 Å². The molecule has 1 aromatic carbocycles. The maximum atomic E-state index is 11.5. The van der Waals surface area contributed by atoms with Gasteiger partial charge < -0.3 is 15.3 Å². The minimum absolute atomic E-state index is 0.159. The van der Waals surface area contributed by atoms with Crippen molar-refractivity contribution in [3.05, 3.63) is 29.8 Å². The Hall–Kier alpha value is -1.55. The highest BCUT2D eigenvalue weighted by atomic mass is 16.3. The predicted octanol–water partition coefficient (Wildman–Crippen LogP) is 0.366. The van der Waals surface area contributed by atoms with E-state index in [1.54, 1.807) is 12.1 Å². The van der Waals surface area contributed by atoms with Crippen LogP contribution >= 0.6 is 0 Å². The van der Waals surface area contributed by atoms with Gasteiger partial charge in [-0.15, -0.1) is 0 Å². The van der Waals surface area contributed by atoms with Crippen molar-refractivity contribution in [2.45, 2.75) is 6.42 Å². The fourth-order valence-corrected chi connectivity index (χ4v) is 1.86.